The molecule has 0 unspecified atom stereocenters. The third-order valence-corrected chi connectivity index (χ3v) is 2.63. The lowest BCUT2D eigenvalue weighted by Crippen LogP contribution is -2.35. The van der Waals surface area contributed by atoms with Crippen molar-refractivity contribution < 1.29 is 13.9 Å². The maximum atomic E-state index is 13.6. The van der Waals surface area contributed by atoms with Crippen molar-refractivity contribution in [2.75, 3.05) is 17.7 Å². The Hall–Kier alpha value is -0.880. The van der Waals surface area contributed by atoms with Crippen molar-refractivity contribution in [2.45, 2.75) is 19.4 Å². The van der Waals surface area contributed by atoms with E-state index < -0.39 is 17.2 Å². The molecule has 1 rings (SSSR count). The van der Waals surface area contributed by atoms with E-state index in [1.807, 2.05) is 0 Å². The van der Waals surface area contributed by atoms with Gasteiger partial charge < -0.3 is 16.2 Å². The molecule has 16 heavy (non-hydrogen) atoms. The summed E-state index contributed by atoms with van der Waals surface area (Å²) in [4.78, 5) is 0. The number of benzene rings is 1. The first-order chi connectivity index (χ1) is 7.28. The molecule has 0 saturated heterocycles. The number of hydrogen-bond acceptors (Lipinski definition) is 3. The van der Waals surface area contributed by atoms with Crippen LogP contribution in [0.4, 0.5) is 20.2 Å². The molecule has 0 aliphatic carbocycles. The number of hydrogen-bond donors (Lipinski definition) is 3. The van der Waals surface area contributed by atoms with E-state index in [2.05, 4.69) is 21.2 Å². The van der Waals surface area contributed by atoms with Crippen LogP contribution in [-0.4, -0.2) is 17.3 Å². The number of nitrogens with two attached hydrogens (primary N) is 1. The van der Waals surface area contributed by atoms with Gasteiger partial charge in [0.05, 0.1) is 28.0 Å². The summed E-state index contributed by atoms with van der Waals surface area (Å²) in [6.45, 7) is 3.06. The van der Waals surface area contributed by atoms with Crippen LogP contribution in [0.1, 0.15) is 13.8 Å². The van der Waals surface area contributed by atoms with Crippen LogP contribution < -0.4 is 11.1 Å². The van der Waals surface area contributed by atoms with Gasteiger partial charge in [-0.3, -0.25) is 0 Å². The summed E-state index contributed by atoms with van der Waals surface area (Å²) >= 11 is 2.86. The maximum Gasteiger partial charge on any atom is 0.185 e. The number of halogens is 3. The number of rotatable bonds is 3. The molecule has 0 saturated carbocycles. The fourth-order valence-electron chi connectivity index (χ4n) is 1.12. The lowest BCUT2D eigenvalue weighted by Gasteiger charge is -2.26. The number of anilines is 2. The number of nitrogen functional groups attached to an aromatic ring is 1. The summed E-state index contributed by atoms with van der Waals surface area (Å²) < 4.78 is 26.8. The Balaban J connectivity index is 3.20. The zero-order chi connectivity index (χ0) is 12.5. The molecule has 0 heterocycles. The highest BCUT2D eigenvalue weighted by atomic mass is 79.9. The van der Waals surface area contributed by atoms with Gasteiger partial charge in [-0.25, -0.2) is 8.78 Å². The average molecular weight is 295 g/mol. The predicted octanol–water partition coefficient (Wildman–Crippen LogP) is 2.49. The van der Waals surface area contributed by atoms with E-state index in [9.17, 15) is 8.78 Å². The van der Waals surface area contributed by atoms with Gasteiger partial charge in [-0.1, -0.05) is 0 Å². The van der Waals surface area contributed by atoms with E-state index in [0.29, 0.717) is 0 Å². The van der Waals surface area contributed by atoms with E-state index in [-0.39, 0.29) is 22.5 Å². The van der Waals surface area contributed by atoms with Crippen molar-refractivity contribution in [1.29, 1.82) is 0 Å². The van der Waals surface area contributed by atoms with Gasteiger partial charge in [-0.05, 0) is 35.8 Å². The number of nitrogens with one attached hydrogen (secondary N) is 1. The standard InChI is InChI=1S/C10H13BrF2N2O/c1-10(2,4-16)15-9-6(14)3-5(11)7(12)8(9)13/h3,15-16H,4,14H2,1-2H3. The minimum Gasteiger partial charge on any atom is -0.397 e. The topological polar surface area (TPSA) is 58.3 Å². The molecule has 1 aromatic rings. The van der Waals surface area contributed by atoms with Gasteiger partial charge in [-0.2, -0.15) is 0 Å². The molecule has 0 atom stereocenters. The molecule has 0 aliphatic rings. The fourth-order valence-corrected chi connectivity index (χ4v) is 1.54. The van der Waals surface area contributed by atoms with Gasteiger partial charge in [-0.15, -0.1) is 0 Å². The molecule has 90 valence electrons. The fraction of sp³-hybridized carbons (Fsp3) is 0.400. The first-order valence-electron chi connectivity index (χ1n) is 4.60. The van der Waals surface area contributed by atoms with Crippen LogP contribution in [-0.2, 0) is 0 Å². The monoisotopic (exact) mass is 294 g/mol. The number of aliphatic hydroxyl groups is 1. The van der Waals surface area contributed by atoms with Crippen LogP contribution in [0.3, 0.4) is 0 Å². The van der Waals surface area contributed by atoms with E-state index in [1.165, 1.54) is 6.07 Å². The molecule has 4 N–H and O–H groups in total. The molecule has 0 aliphatic heterocycles. The van der Waals surface area contributed by atoms with Crippen LogP contribution >= 0.6 is 15.9 Å². The summed E-state index contributed by atoms with van der Waals surface area (Å²) in [6, 6.07) is 1.27. The Kier molecular flexibility index (Phi) is 3.75. The summed E-state index contributed by atoms with van der Waals surface area (Å²) in [5.41, 5.74) is 4.73. The third kappa shape index (κ3) is 2.62. The molecular weight excluding hydrogens is 282 g/mol. The second-order valence-corrected chi connectivity index (χ2v) is 4.97. The van der Waals surface area contributed by atoms with Crippen molar-refractivity contribution in [2.24, 2.45) is 0 Å². The summed E-state index contributed by atoms with van der Waals surface area (Å²) in [5, 5.41) is 11.7. The smallest absolute Gasteiger partial charge is 0.185 e. The zero-order valence-electron chi connectivity index (χ0n) is 8.94. The molecular formula is C10H13BrF2N2O. The lowest BCUT2D eigenvalue weighted by molar-refractivity contribution is 0.233. The quantitative estimate of drug-likeness (QED) is 0.593. The van der Waals surface area contributed by atoms with Crippen molar-refractivity contribution in [3.05, 3.63) is 22.2 Å². The van der Waals surface area contributed by atoms with Gasteiger partial charge in [0, 0.05) is 0 Å². The van der Waals surface area contributed by atoms with Gasteiger partial charge in [0.25, 0.3) is 0 Å². The second kappa shape index (κ2) is 4.55. The molecule has 0 aromatic heterocycles. The Labute approximate surface area is 101 Å². The molecule has 0 fully saturated rings. The normalized spacial score (nSPS) is 11.6. The van der Waals surface area contributed by atoms with Gasteiger partial charge in [0.1, 0.15) is 0 Å². The van der Waals surface area contributed by atoms with Crippen molar-refractivity contribution in [1.82, 2.24) is 0 Å². The van der Waals surface area contributed by atoms with Gasteiger partial charge >= 0.3 is 0 Å². The van der Waals surface area contributed by atoms with Crippen molar-refractivity contribution in [3.63, 3.8) is 0 Å². The van der Waals surface area contributed by atoms with E-state index in [1.54, 1.807) is 13.8 Å². The largest absolute Gasteiger partial charge is 0.397 e. The predicted molar refractivity (Wildman–Crippen MR) is 63.3 cm³/mol. The Morgan fingerprint density at radius 2 is 2.00 bits per heavy atom. The van der Waals surface area contributed by atoms with E-state index >= 15 is 0 Å². The van der Waals surface area contributed by atoms with Crippen LogP contribution in [0.15, 0.2) is 10.5 Å². The van der Waals surface area contributed by atoms with Crippen LogP contribution in [0.25, 0.3) is 0 Å². The molecule has 0 spiro atoms. The molecule has 0 bridgehead atoms. The minimum absolute atomic E-state index is 0.0325. The highest BCUT2D eigenvalue weighted by Gasteiger charge is 2.22. The molecule has 0 amide bonds. The Bertz CT molecular complexity index is 410. The minimum atomic E-state index is -1.06. The van der Waals surface area contributed by atoms with Crippen LogP contribution in [0, 0.1) is 11.6 Å². The highest BCUT2D eigenvalue weighted by molar-refractivity contribution is 9.10. The zero-order valence-corrected chi connectivity index (χ0v) is 10.5. The molecule has 1 aromatic carbocycles. The van der Waals surface area contributed by atoms with E-state index in [4.69, 9.17) is 10.8 Å². The summed E-state index contributed by atoms with van der Waals surface area (Å²) in [5.74, 6) is -2.07. The van der Waals surface area contributed by atoms with Crippen LogP contribution in [0.2, 0.25) is 0 Å². The highest BCUT2D eigenvalue weighted by Crippen LogP contribution is 2.32. The molecule has 6 heteroatoms. The number of aliphatic hydroxyl groups excluding tert-OH is 1. The van der Waals surface area contributed by atoms with Crippen LogP contribution in [0.5, 0.6) is 0 Å². The SMILES string of the molecule is CC(C)(CO)Nc1c(N)cc(Br)c(F)c1F. The third-order valence-electron chi connectivity index (χ3n) is 2.05. The maximum absolute atomic E-state index is 13.6. The molecule has 0 radical (unpaired) electrons. The average Bonchev–Trinajstić information content (AvgIpc) is 2.21. The first-order valence-corrected chi connectivity index (χ1v) is 5.40. The van der Waals surface area contributed by atoms with Gasteiger partial charge in [0.2, 0.25) is 0 Å². The van der Waals surface area contributed by atoms with E-state index in [0.717, 1.165) is 0 Å². The first kappa shape index (κ1) is 13.2. The Morgan fingerprint density at radius 1 is 1.44 bits per heavy atom. The molecule has 3 nitrogen and oxygen atoms in total. The summed E-state index contributed by atoms with van der Waals surface area (Å²) in [7, 11) is 0. The summed E-state index contributed by atoms with van der Waals surface area (Å²) in [6.07, 6.45) is 0. The van der Waals surface area contributed by atoms with Crippen molar-refractivity contribution >= 4 is 27.3 Å². The second-order valence-electron chi connectivity index (χ2n) is 4.12. The van der Waals surface area contributed by atoms with Gasteiger partial charge in [0.15, 0.2) is 11.6 Å². The Morgan fingerprint density at radius 3 is 2.50 bits per heavy atom. The lowest BCUT2D eigenvalue weighted by atomic mass is 10.1. The van der Waals surface area contributed by atoms with Crippen molar-refractivity contribution in [3.8, 4) is 0 Å².